The van der Waals surface area contributed by atoms with Crippen LogP contribution in [0.2, 0.25) is 0 Å². The van der Waals surface area contributed by atoms with Gasteiger partial charge >= 0.3 is 0 Å². The van der Waals surface area contributed by atoms with Crippen LogP contribution >= 0.6 is 0 Å². The molecule has 0 spiro atoms. The van der Waals surface area contributed by atoms with Crippen LogP contribution in [0.4, 0.5) is 0 Å². The third kappa shape index (κ3) is 4.35. The molecule has 0 atom stereocenters. The highest BCUT2D eigenvalue weighted by Crippen LogP contribution is 2.16. The second-order valence-electron chi connectivity index (χ2n) is 5.30. The lowest BCUT2D eigenvalue weighted by Gasteiger charge is -2.24. The normalized spacial score (nSPS) is 11.2. The van der Waals surface area contributed by atoms with Gasteiger partial charge in [-0.3, -0.25) is 14.6 Å². The SMILES string of the molecule is CC(C)NC(=O)C(C)(C)C(=O)NCc1cccnc1. The van der Waals surface area contributed by atoms with Gasteiger partial charge in [-0.15, -0.1) is 0 Å². The Labute approximate surface area is 113 Å². The van der Waals surface area contributed by atoms with Gasteiger partial charge in [-0.1, -0.05) is 6.07 Å². The fraction of sp³-hybridized carbons (Fsp3) is 0.500. The molecule has 19 heavy (non-hydrogen) atoms. The molecule has 104 valence electrons. The molecule has 0 fully saturated rings. The fourth-order valence-corrected chi connectivity index (χ4v) is 1.45. The van der Waals surface area contributed by atoms with Crippen molar-refractivity contribution in [1.29, 1.82) is 0 Å². The summed E-state index contributed by atoms with van der Waals surface area (Å²) >= 11 is 0. The molecule has 1 heterocycles. The van der Waals surface area contributed by atoms with Crippen molar-refractivity contribution in [2.75, 3.05) is 0 Å². The van der Waals surface area contributed by atoms with E-state index < -0.39 is 5.41 Å². The van der Waals surface area contributed by atoms with E-state index in [1.54, 1.807) is 32.3 Å². The molecule has 2 N–H and O–H groups in total. The Bertz CT molecular complexity index is 441. The summed E-state index contributed by atoms with van der Waals surface area (Å²) in [5.41, 5.74) is -0.192. The highest BCUT2D eigenvalue weighted by Gasteiger charge is 2.35. The quantitative estimate of drug-likeness (QED) is 0.785. The molecule has 0 aliphatic rings. The fourth-order valence-electron chi connectivity index (χ4n) is 1.45. The van der Waals surface area contributed by atoms with E-state index in [1.165, 1.54) is 0 Å². The topological polar surface area (TPSA) is 71.1 Å². The Morgan fingerprint density at radius 1 is 1.32 bits per heavy atom. The number of aromatic nitrogens is 1. The van der Waals surface area contributed by atoms with Crippen molar-refractivity contribution in [2.45, 2.75) is 40.3 Å². The van der Waals surface area contributed by atoms with E-state index in [4.69, 9.17) is 0 Å². The molecule has 0 saturated heterocycles. The van der Waals surface area contributed by atoms with Gasteiger partial charge in [-0.2, -0.15) is 0 Å². The summed E-state index contributed by atoms with van der Waals surface area (Å²) < 4.78 is 0. The molecule has 2 amide bonds. The minimum absolute atomic E-state index is 0.0119. The van der Waals surface area contributed by atoms with Crippen molar-refractivity contribution in [3.05, 3.63) is 30.1 Å². The molecule has 1 aromatic heterocycles. The van der Waals surface area contributed by atoms with Gasteiger partial charge in [0.2, 0.25) is 11.8 Å². The number of nitrogens with one attached hydrogen (secondary N) is 2. The lowest BCUT2D eigenvalue weighted by Crippen LogP contribution is -2.49. The molecule has 0 aromatic carbocycles. The lowest BCUT2D eigenvalue weighted by atomic mass is 9.90. The summed E-state index contributed by atoms with van der Waals surface area (Å²) in [6.45, 7) is 7.32. The first kappa shape index (κ1) is 15.1. The van der Waals surface area contributed by atoms with Crippen LogP contribution in [0.1, 0.15) is 33.3 Å². The maximum atomic E-state index is 12.1. The van der Waals surface area contributed by atoms with Gasteiger partial charge in [0.15, 0.2) is 0 Å². The molecule has 1 aromatic rings. The van der Waals surface area contributed by atoms with Gasteiger partial charge in [0.25, 0.3) is 0 Å². The summed E-state index contributed by atoms with van der Waals surface area (Å²) in [5, 5.41) is 5.50. The molecule has 5 nitrogen and oxygen atoms in total. The van der Waals surface area contributed by atoms with E-state index in [-0.39, 0.29) is 17.9 Å². The Kier molecular flexibility index (Phi) is 5.03. The van der Waals surface area contributed by atoms with Gasteiger partial charge in [0, 0.05) is 25.0 Å². The maximum Gasteiger partial charge on any atom is 0.235 e. The zero-order valence-corrected chi connectivity index (χ0v) is 11.9. The van der Waals surface area contributed by atoms with Crippen LogP contribution in [0.5, 0.6) is 0 Å². The van der Waals surface area contributed by atoms with Gasteiger partial charge in [-0.25, -0.2) is 0 Å². The molecule has 1 rings (SSSR count). The third-order valence-electron chi connectivity index (χ3n) is 2.73. The van der Waals surface area contributed by atoms with E-state index in [0.29, 0.717) is 6.54 Å². The number of hydrogen-bond acceptors (Lipinski definition) is 3. The zero-order chi connectivity index (χ0) is 14.5. The smallest absolute Gasteiger partial charge is 0.235 e. The molecule has 0 radical (unpaired) electrons. The highest BCUT2D eigenvalue weighted by atomic mass is 16.2. The number of carbonyl (C=O) groups excluding carboxylic acids is 2. The molecule has 0 unspecified atom stereocenters. The van der Waals surface area contributed by atoms with Crippen LogP contribution in [0.15, 0.2) is 24.5 Å². The van der Waals surface area contributed by atoms with Crippen LogP contribution in [0, 0.1) is 5.41 Å². The Balaban J connectivity index is 2.59. The Morgan fingerprint density at radius 3 is 2.53 bits per heavy atom. The molecule has 0 bridgehead atoms. The second-order valence-corrected chi connectivity index (χ2v) is 5.30. The predicted molar refractivity (Wildman–Crippen MR) is 73.1 cm³/mol. The molecular weight excluding hydrogens is 242 g/mol. The molecule has 0 saturated carbocycles. The summed E-state index contributed by atoms with van der Waals surface area (Å²) in [6.07, 6.45) is 3.35. The van der Waals surface area contributed by atoms with E-state index in [1.807, 2.05) is 19.9 Å². The highest BCUT2D eigenvalue weighted by molar-refractivity contribution is 6.04. The summed E-state index contributed by atoms with van der Waals surface area (Å²) in [7, 11) is 0. The average Bonchev–Trinajstić information content (AvgIpc) is 2.36. The van der Waals surface area contributed by atoms with Crippen molar-refractivity contribution in [1.82, 2.24) is 15.6 Å². The van der Waals surface area contributed by atoms with Crippen molar-refractivity contribution in [3.63, 3.8) is 0 Å². The first-order valence-corrected chi connectivity index (χ1v) is 6.32. The van der Waals surface area contributed by atoms with Crippen molar-refractivity contribution in [2.24, 2.45) is 5.41 Å². The van der Waals surface area contributed by atoms with Gasteiger partial charge < -0.3 is 10.6 Å². The maximum absolute atomic E-state index is 12.1. The second kappa shape index (κ2) is 6.31. The summed E-state index contributed by atoms with van der Waals surface area (Å²) in [4.78, 5) is 28.0. The van der Waals surface area contributed by atoms with E-state index in [9.17, 15) is 9.59 Å². The van der Waals surface area contributed by atoms with Gasteiger partial charge in [0.05, 0.1) is 0 Å². The summed E-state index contributed by atoms with van der Waals surface area (Å²) in [6, 6.07) is 3.69. The number of pyridine rings is 1. The largest absolute Gasteiger partial charge is 0.353 e. The van der Waals surface area contributed by atoms with Crippen LogP contribution in [-0.2, 0) is 16.1 Å². The van der Waals surface area contributed by atoms with E-state index in [0.717, 1.165) is 5.56 Å². The van der Waals surface area contributed by atoms with Gasteiger partial charge in [-0.05, 0) is 39.3 Å². The molecular formula is C14H21N3O2. The third-order valence-corrected chi connectivity index (χ3v) is 2.73. The zero-order valence-electron chi connectivity index (χ0n) is 11.9. The lowest BCUT2D eigenvalue weighted by molar-refractivity contribution is -0.141. The summed E-state index contributed by atoms with van der Waals surface area (Å²) in [5.74, 6) is -0.569. The number of nitrogens with zero attached hydrogens (tertiary/aromatic N) is 1. The first-order chi connectivity index (χ1) is 8.84. The molecule has 5 heteroatoms. The number of hydrogen-bond donors (Lipinski definition) is 2. The minimum atomic E-state index is -1.09. The Morgan fingerprint density at radius 2 is 2.00 bits per heavy atom. The van der Waals surface area contributed by atoms with Crippen LogP contribution < -0.4 is 10.6 Å². The van der Waals surface area contributed by atoms with Crippen molar-refractivity contribution >= 4 is 11.8 Å². The Hall–Kier alpha value is -1.91. The number of rotatable bonds is 5. The minimum Gasteiger partial charge on any atom is -0.353 e. The van der Waals surface area contributed by atoms with E-state index >= 15 is 0 Å². The van der Waals surface area contributed by atoms with Crippen LogP contribution in [0.3, 0.4) is 0 Å². The predicted octanol–water partition coefficient (Wildman–Crippen LogP) is 1.25. The average molecular weight is 263 g/mol. The van der Waals surface area contributed by atoms with Crippen molar-refractivity contribution in [3.8, 4) is 0 Å². The molecule has 0 aliphatic carbocycles. The molecule has 0 aliphatic heterocycles. The number of carbonyl (C=O) groups is 2. The number of amides is 2. The monoisotopic (exact) mass is 263 g/mol. The van der Waals surface area contributed by atoms with Crippen molar-refractivity contribution < 1.29 is 9.59 Å². The van der Waals surface area contributed by atoms with Crippen LogP contribution in [-0.4, -0.2) is 22.8 Å². The van der Waals surface area contributed by atoms with E-state index in [2.05, 4.69) is 15.6 Å². The van der Waals surface area contributed by atoms with Gasteiger partial charge in [0.1, 0.15) is 5.41 Å². The van der Waals surface area contributed by atoms with Crippen LogP contribution in [0.25, 0.3) is 0 Å². The first-order valence-electron chi connectivity index (χ1n) is 6.32. The standard InChI is InChI=1S/C14H21N3O2/c1-10(2)17-13(19)14(3,4)12(18)16-9-11-6-5-7-15-8-11/h5-8,10H,9H2,1-4H3,(H,16,18)(H,17,19).